The molecule has 0 bridgehead atoms. The van der Waals surface area contributed by atoms with Crippen LogP contribution >= 0.6 is 23.4 Å². The number of nitrogens with one attached hydrogen (secondary N) is 1. The van der Waals surface area contributed by atoms with Crippen molar-refractivity contribution in [3.8, 4) is 11.5 Å². The molecule has 6 nitrogen and oxygen atoms in total. The van der Waals surface area contributed by atoms with Crippen LogP contribution in [-0.4, -0.2) is 15.4 Å². The number of nitrogens with zero attached hydrogens (tertiary/aromatic N) is 2. The van der Waals surface area contributed by atoms with Crippen molar-refractivity contribution < 1.29 is 14.9 Å². The Hall–Kier alpha value is -1.90. The molecule has 0 spiro atoms. The normalized spacial score (nSPS) is 12.4. The first-order valence-corrected chi connectivity index (χ1v) is 9.27. The van der Waals surface area contributed by atoms with Gasteiger partial charge in [-0.1, -0.05) is 11.6 Å². The minimum absolute atomic E-state index is 0.262. The SMILES string of the molecule is Cc1cc(SCc2nnc(-c3ccc([NH+]([O-])O)c(C)c3)o2)c(C)cc1Cl. The Morgan fingerprint density at radius 3 is 2.58 bits per heavy atom. The second-order valence-corrected chi connectivity index (χ2v) is 7.42. The van der Waals surface area contributed by atoms with Crippen LogP contribution < -0.4 is 5.23 Å². The van der Waals surface area contributed by atoms with Gasteiger partial charge in [0.15, 0.2) is 5.69 Å². The Bertz CT molecular complexity index is 943. The van der Waals surface area contributed by atoms with Crippen LogP contribution in [0.2, 0.25) is 5.02 Å². The van der Waals surface area contributed by atoms with E-state index in [4.69, 9.17) is 21.2 Å². The summed E-state index contributed by atoms with van der Waals surface area (Å²) in [5.41, 5.74) is 3.74. The molecule has 0 aliphatic carbocycles. The highest BCUT2D eigenvalue weighted by Crippen LogP contribution is 2.31. The maximum atomic E-state index is 11.1. The van der Waals surface area contributed by atoms with Gasteiger partial charge in [-0.15, -0.1) is 22.0 Å². The molecule has 1 unspecified atom stereocenters. The third kappa shape index (κ3) is 4.08. The van der Waals surface area contributed by atoms with Gasteiger partial charge in [0, 0.05) is 27.1 Å². The quantitative estimate of drug-likeness (QED) is 0.504. The molecule has 0 saturated heterocycles. The molecule has 1 heterocycles. The second-order valence-electron chi connectivity index (χ2n) is 5.99. The number of quaternary nitrogens is 1. The second kappa shape index (κ2) is 7.77. The van der Waals surface area contributed by atoms with Crippen LogP contribution in [0.25, 0.3) is 11.5 Å². The van der Waals surface area contributed by atoms with Gasteiger partial charge in [0.1, 0.15) is 0 Å². The molecule has 0 aliphatic rings. The molecule has 2 aromatic carbocycles. The van der Waals surface area contributed by atoms with Crippen LogP contribution in [0.3, 0.4) is 0 Å². The van der Waals surface area contributed by atoms with Crippen molar-refractivity contribution in [2.24, 2.45) is 0 Å². The first kappa shape index (κ1) is 18.9. The summed E-state index contributed by atoms with van der Waals surface area (Å²) in [5, 5.41) is 28.2. The molecular weight excluding hydrogens is 374 g/mol. The smallest absolute Gasteiger partial charge is 0.247 e. The Kier molecular flexibility index (Phi) is 5.64. The number of rotatable bonds is 5. The first-order valence-electron chi connectivity index (χ1n) is 7.91. The summed E-state index contributed by atoms with van der Waals surface area (Å²) >= 11 is 7.74. The zero-order valence-electron chi connectivity index (χ0n) is 14.5. The third-order valence-corrected chi connectivity index (χ3v) is 5.53. The number of thioether (sulfide) groups is 1. The van der Waals surface area contributed by atoms with Gasteiger partial charge in [0.2, 0.25) is 11.8 Å². The number of benzene rings is 2. The lowest BCUT2D eigenvalue weighted by Gasteiger charge is -2.13. The van der Waals surface area contributed by atoms with E-state index in [0.29, 0.717) is 28.7 Å². The number of aromatic nitrogens is 2. The molecule has 8 heteroatoms. The lowest BCUT2D eigenvalue weighted by Crippen LogP contribution is -2.99. The van der Waals surface area contributed by atoms with Crippen molar-refractivity contribution in [3.05, 3.63) is 63.1 Å². The molecular formula is C18H18ClN3O3S. The van der Waals surface area contributed by atoms with E-state index in [0.717, 1.165) is 21.0 Å². The van der Waals surface area contributed by atoms with Crippen molar-refractivity contribution in [2.75, 3.05) is 0 Å². The van der Waals surface area contributed by atoms with Crippen LogP contribution in [0.15, 0.2) is 39.6 Å². The number of aryl methyl sites for hydroxylation is 3. The fraction of sp³-hybridized carbons (Fsp3) is 0.222. The standard InChI is InChI=1S/C18H18ClN3O3S/c1-10-8-16(12(3)7-14(10)19)26-9-17-20-21-18(25-17)13-4-5-15(22(23)24)11(2)6-13/h4-8,22-23H,9H2,1-3H3. The molecule has 1 atom stereocenters. The lowest BCUT2D eigenvalue weighted by molar-refractivity contribution is -0.991. The third-order valence-electron chi connectivity index (χ3n) is 3.98. The number of hydrogen-bond acceptors (Lipinski definition) is 6. The molecule has 0 amide bonds. The lowest BCUT2D eigenvalue weighted by atomic mass is 10.1. The van der Waals surface area contributed by atoms with E-state index in [1.54, 1.807) is 36.9 Å². The summed E-state index contributed by atoms with van der Waals surface area (Å²) in [6.45, 7) is 5.73. The highest BCUT2D eigenvalue weighted by Gasteiger charge is 2.13. The van der Waals surface area contributed by atoms with E-state index in [9.17, 15) is 5.21 Å². The topological polar surface area (TPSA) is 86.7 Å². The highest BCUT2D eigenvalue weighted by molar-refractivity contribution is 7.98. The first-order chi connectivity index (χ1) is 12.3. The van der Waals surface area contributed by atoms with Gasteiger partial charge in [-0.05, 0) is 56.2 Å². The monoisotopic (exact) mass is 391 g/mol. The predicted molar refractivity (Wildman–Crippen MR) is 101 cm³/mol. The van der Waals surface area contributed by atoms with Gasteiger partial charge in [-0.3, -0.25) is 0 Å². The molecule has 0 fully saturated rings. The Balaban J connectivity index is 1.74. The molecule has 0 aliphatic heterocycles. The van der Waals surface area contributed by atoms with Gasteiger partial charge < -0.3 is 9.62 Å². The van der Waals surface area contributed by atoms with E-state index < -0.39 is 5.23 Å². The van der Waals surface area contributed by atoms with Crippen molar-refractivity contribution in [2.45, 2.75) is 31.4 Å². The molecule has 3 aromatic rings. The molecule has 0 saturated carbocycles. The Morgan fingerprint density at radius 1 is 1.12 bits per heavy atom. The fourth-order valence-corrected chi connectivity index (χ4v) is 3.68. The largest absolute Gasteiger partial charge is 0.595 e. The van der Waals surface area contributed by atoms with Gasteiger partial charge in [-0.2, -0.15) is 5.23 Å². The summed E-state index contributed by atoms with van der Waals surface area (Å²) in [4.78, 5) is 1.12. The Labute approximate surface area is 160 Å². The van der Waals surface area contributed by atoms with Gasteiger partial charge in [0.05, 0.1) is 5.75 Å². The summed E-state index contributed by atoms with van der Waals surface area (Å²) < 4.78 is 5.72. The van der Waals surface area contributed by atoms with E-state index >= 15 is 0 Å². The van der Waals surface area contributed by atoms with Crippen molar-refractivity contribution >= 4 is 29.1 Å². The molecule has 1 aromatic heterocycles. The van der Waals surface area contributed by atoms with Crippen LogP contribution in [0.5, 0.6) is 0 Å². The summed E-state index contributed by atoms with van der Waals surface area (Å²) in [5.74, 6) is 1.43. The van der Waals surface area contributed by atoms with Gasteiger partial charge >= 0.3 is 0 Å². The molecule has 136 valence electrons. The molecule has 26 heavy (non-hydrogen) atoms. The van der Waals surface area contributed by atoms with Gasteiger partial charge in [-0.25, -0.2) is 5.21 Å². The van der Waals surface area contributed by atoms with Crippen molar-refractivity contribution in [3.63, 3.8) is 0 Å². The van der Waals surface area contributed by atoms with E-state index in [1.165, 1.54) is 0 Å². The van der Waals surface area contributed by atoms with Crippen LogP contribution in [-0.2, 0) is 5.75 Å². The minimum atomic E-state index is -0.953. The zero-order chi connectivity index (χ0) is 18.8. The number of hydrogen-bond donors (Lipinski definition) is 2. The summed E-state index contributed by atoms with van der Waals surface area (Å²) in [6, 6.07) is 8.96. The van der Waals surface area contributed by atoms with E-state index in [2.05, 4.69) is 10.2 Å². The molecule has 3 rings (SSSR count). The maximum absolute atomic E-state index is 11.1. The van der Waals surface area contributed by atoms with Crippen LogP contribution in [0.1, 0.15) is 22.6 Å². The summed E-state index contributed by atoms with van der Waals surface area (Å²) in [6.07, 6.45) is 0. The maximum Gasteiger partial charge on any atom is 0.247 e. The van der Waals surface area contributed by atoms with E-state index in [1.807, 2.05) is 26.0 Å². The number of halogens is 1. The van der Waals surface area contributed by atoms with Crippen LogP contribution in [0, 0.1) is 26.0 Å². The van der Waals surface area contributed by atoms with Crippen molar-refractivity contribution in [1.82, 2.24) is 10.2 Å². The average Bonchev–Trinajstić information content (AvgIpc) is 3.05. The predicted octanol–water partition coefficient (Wildman–Crippen LogP) is 4.01. The summed E-state index contributed by atoms with van der Waals surface area (Å²) in [7, 11) is 0. The molecule has 2 N–H and O–H groups in total. The zero-order valence-corrected chi connectivity index (χ0v) is 16.1. The van der Waals surface area contributed by atoms with Crippen molar-refractivity contribution in [1.29, 1.82) is 0 Å². The Morgan fingerprint density at radius 2 is 1.88 bits per heavy atom. The average molecular weight is 392 g/mol. The van der Waals surface area contributed by atoms with Gasteiger partial charge in [0.25, 0.3) is 0 Å². The highest BCUT2D eigenvalue weighted by atomic mass is 35.5. The fourth-order valence-electron chi connectivity index (χ4n) is 2.51. The molecule has 0 radical (unpaired) electrons. The minimum Gasteiger partial charge on any atom is -0.595 e. The van der Waals surface area contributed by atoms with Crippen LogP contribution in [0.4, 0.5) is 5.69 Å². The van der Waals surface area contributed by atoms with E-state index in [-0.39, 0.29) is 5.69 Å².